The number of hydrogen-bond acceptors (Lipinski definition) is 3. The Morgan fingerprint density at radius 2 is 1.90 bits per heavy atom. The second-order valence-electron chi connectivity index (χ2n) is 5.67. The highest BCUT2D eigenvalue weighted by Gasteiger charge is 2.17. The van der Waals surface area contributed by atoms with Gasteiger partial charge in [0.25, 0.3) is 0 Å². The molecule has 0 spiro atoms. The van der Waals surface area contributed by atoms with Crippen LogP contribution in [-0.4, -0.2) is 18.4 Å². The summed E-state index contributed by atoms with van der Waals surface area (Å²) in [5.41, 5.74) is 1.27. The molecular weight excluding hydrogens is 264 g/mol. The first kappa shape index (κ1) is 16.8. The van der Waals surface area contributed by atoms with Crippen LogP contribution in [-0.2, 0) is 9.47 Å². The summed E-state index contributed by atoms with van der Waals surface area (Å²) in [5, 5.41) is 0. The number of carbonyl (C=O) groups is 1. The molecule has 1 aromatic carbocycles. The largest absolute Gasteiger partial charge is 0.509 e. The van der Waals surface area contributed by atoms with Crippen molar-refractivity contribution in [1.82, 2.24) is 0 Å². The van der Waals surface area contributed by atoms with Crippen molar-refractivity contribution in [3.63, 3.8) is 0 Å². The minimum absolute atomic E-state index is 0.169. The summed E-state index contributed by atoms with van der Waals surface area (Å²) >= 11 is 0. The van der Waals surface area contributed by atoms with E-state index in [1.165, 1.54) is 0 Å². The highest BCUT2D eigenvalue weighted by Crippen LogP contribution is 2.09. The van der Waals surface area contributed by atoms with Crippen LogP contribution in [0.15, 0.2) is 42.5 Å². The molecule has 0 saturated heterocycles. The van der Waals surface area contributed by atoms with Crippen LogP contribution >= 0.6 is 0 Å². The normalized spacial score (nSPS) is 10.2. The minimum atomic E-state index is -0.668. The molecule has 0 fully saturated rings. The fourth-order valence-corrected chi connectivity index (χ4v) is 1.44. The molecule has 0 atom stereocenters. The Balaban J connectivity index is 2.23. The maximum Gasteiger partial charge on any atom is 0.509 e. The van der Waals surface area contributed by atoms with E-state index in [0.29, 0.717) is 12.8 Å². The number of rotatable bonds is 4. The zero-order chi connectivity index (χ0) is 15.7. The van der Waals surface area contributed by atoms with Crippen molar-refractivity contribution in [1.29, 1.82) is 0 Å². The fraction of sp³-hybridized carbons (Fsp3) is 0.389. The first-order valence-electron chi connectivity index (χ1n) is 6.93. The molecule has 0 N–H and O–H groups in total. The van der Waals surface area contributed by atoms with E-state index in [4.69, 9.17) is 9.47 Å². The average molecular weight is 286 g/mol. The van der Waals surface area contributed by atoms with Gasteiger partial charge < -0.3 is 9.47 Å². The van der Waals surface area contributed by atoms with E-state index < -0.39 is 11.8 Å². The number of carbonyl (C=O) groups excluding carboxylic acids is 1. The van der Waals surface area contributed by atoms with E-state index in [9.17, 15) is 4.79 Å². The molecule has 112 valence electrons. The zero-order valence-electron chi connectivity index (χ0n) is 12.9. The molecule has 3 nitrogen and oxygen atoms in total. The van der Waals surface area contributed by atoms with E-state index in [0.717, 1.165) is 11.1 Å². The molecule has 0 radical (unpaired) electrons. The molecule has 0 heterocycles. The van der Waals surface area contributed by atoms with Crippen LogP contribution in [0.5, 0.6) is 0 Å². The third-order valence-corrected chi connectivity index (χ3v) is 2.39. The van der Waals surface area contributed by atoms with Crippen molar-refractivity contribution in [2.75, 3.05) is 6.61 Å². The monoisotopic (exact) mass is 286 g/mol. The van der Waals surface area contributed by atoms with Crippen LogP contribution in [0.3, 0.4) is 0 Å². The highest BCUT2D eigenvalue weighted by atomic mass is 16.7. The lowest BCUT2D eigenvalue weighted by Crippen LogP contribution is -2.24. The van der Waals surface area contributed by atoms with Crippen molar-refractivity contribution in [3.05, 3.63) is 48.0 Å². The van der Waals surface area contributed by atoms with Gasteiger partial charge in [0.2, 0.25) is 0 Å². The molecule has 21 heavy (non-hydrogen) atoms. The third kappa shape index (κ3) is 8.54. The molecule has 0 unspecified atom stereocenters. The zero-order valence-corrected chi connectivity index (χ0v) is 12.9. The van der Waals surface area contributed by atoms with E-state index in [1.54, 1.807) is 20.8 Å². The van der Waals surface area contributed by atoms with Crippen LogP contribution < -0.4 is 0 Å². The van der Waals surface area contributed by atoms with Gasteiger partial charge in [0.05, 0.1) is 0 Å². The van der Waals surface area contributed by atoms with Gasteiger partial charge in [-0.1, -0.05) is 36.6 Å². The van der Waals surface area contributed by atoms with E-state index in [-0.39, 0.29) is 6.61 Å². The molecule has 1 aromatic rings. The van der Waals surface area contributed by atoms with E-state index in [1.807, 2.05) is 30.3 Å². The van der Waals surface area contributed by atoms with Gasteiger partial charge in [0, 0.05) is 12.0 Å². The van der Waals surface area contributed by atoms with Gasteiger partial charge in [-0.25, -0.2) is 4.79 Å². The van der Waals surface area contributed by atoms with Crippen LogP contribution in [0, 0.1) is 11.8 Å². The van der Waals surface area contributed by atoms with Crippen LogP contribution in [0.2, 0.25) is 0 Å². The summed E-state index contributed by atoms with van der Waals surface area (Å²) in [6, 6.07) is 9.80. The lowest BCUT2D eigenvalue weighted by atomic mass is 10.1. The molecular formula is C18H22O3. The van der Waals surface area contributed by atoms with Gasteiger partial charge in [-0.2, -0.15) is 0 Å². The molecule has 0 amide bonds. The molecule has 0 aliphatic carbocycles. The number of benzene rings is 1. The maximum atomic E-state index is 11.4. The van der Waals surface area contributed by atoms with Gasteiger partial charge in [-0.05, 0) is 44.9 Å². The molecule has 0 aliphatic rings. The maximum absolute atomic E-state index is 11.4. The smallest absolute Gasteiger partial charge is 0.430 e. The Labute approximate surface area is 127 Å². The Bertz CT molecular complexity index is 527. The van der Waals surface area contributed by atoms with E-state index in [2.05, 4.69) is 18.4 Å². The van der Waals surface area contributed by atoms with Gasteiger partial charge in [-0.3, -0.25) is 0 Å². The SMILES string of the molecule is C=C(CCC#Cc1ccccc1)COC(=O)OC(C)(C)C. The summed E-state index contributed by atoms with van der Waals surface area (Å²) in [4.78, 5) is 11.4. The standard InChI is InChI=1S/C18H22O3/c1-15(14-20-17(19)21-18(2,3)4)10-8-9-13-16-11-6-5-7-12-16/h5-7,11-12H,1,8,10,14H2,2-4H3. The topological polar surface area (TPSA) is 35.5 Å². The quantitative estimate of drug-likeness (QED) is 0.469. The lowest BCUT2D eigenvalue weighted by Gasteiger charge is -2.18. The molecule has 3 heteroatoms. The summed E-state index contributed by atoms with van der Waals surface area (Å²) in [5.74, 6) is 6.15. The molecule has 0 aliphatic heterocycles. The molecule has 1 rings (SSSR count). The molecule has 0 saturated carbocycles. The summed E-state index contributed by atoms with van der Waals surface area (Å²) in [6.45, 7) is 9.42. The van der Waals surface area contributed by atoms with E-state index >= 15 is 0 Å². The third-order valence-electron chi connectivity index (χ3n) is 2.39. The average Bonchev–Trinajstić information content (AvgIpc) is 2.41. The summed E-state index contributed by atoms with van der Waals surface area (Å²) in [7, 11) is 0. The van der Waals surface area contributed by atoms with Crippen molar-refractivity contribution in [3.8, 4) is 11.8 Å². The number of ether oxygens (including phenoxy) is 2. The summed E-state index contributed by atoms with van der Waals surface area (Å²) < 4.78 is 10.0. The highest BCUT2D eigenvalue weighted by molar-refractivity contribution is 5.60. The van der Waals surface area contributed by atoms with Gasteiger partial charge in [0.1, 0.15) is 12.2 Å². The molecule has 0 bridgehead atoms. The second kappa shape index (κ2) is 8.16. The minimum Gasteiger partial charge on any atom is -0.430 e. The number of hydrogen-bond donors (Lipinski definition) is 0. The fourth-order valence-electron chi connectivity index (χ4n) is 1.44. The van der Waals surface area contributed by atoms with Crippen LogP contribution in [0.1, 0.15) is 39.2 Å². The van der Waals surface area contributed by atoms with Gasteiger partial charge in [0.15, 0.2) is 0 Å². The first-order chi connectivity index (χ1) is 9.87. The lowest BCUT2D eigenvalue weighted by molar-refractivity contribution is -0.00361. The van der Waals surface area contributed by atoms with Crippen molar-refractivity contribution >= 4 is 6.16 Å². The van der Waals surface area contributed by atoms with Gasteiger partial charge >= 0.3 is 6.16 Å². The Morgan fingerprint density at radius 1 is 1.24 bits per heavy atom. The van der Waals surface area contributed by atoms with Crippen LogP contribution in [0.25, 0.3) is 0 Å². The predicted molar refractivity (Wildman–Crippen MR) is 83.9 cm³/mol. The van der Waals surface area contributed by atoms with Crippen LogP contribution in [0.4, 0.5) is 4.79 Å². The summed E-state index contributed by atoms with van der Waals surface area (Å²) in [6.07, 6.45) is 0.715. The second-order valence-corrected chi connectivity index (χ2v) is 5.67. The Kier molecular flexibility index (Phi) is 6.55. The van der Waals surface area contributed by atoms with Crippen molar-refractivity contribution < 1.29 is 14.3 Å². The Morgan fingerprint density at radius 3 is 2.52 bits per heavy atom. The Hall–Kier alpha value is -2.21. The molecule has 0 aromatic heterocycles. The predicted octanol–water partition coefficient (Wildman–Crippen LogP) is 4.33. The first-order valence-corrected chi connectivity index (χ1v) is 6.93. The van der Waals surface area contributed by atoms with Crippen molar-refractivity contribution in [2.24, 2.45) is 0 Å². The van der Waals surface area contributed by atoms with Gasteiger partial charge in [-0.15, -0.1) is 0 Å². The van der Waals surface area contributed by atoms with Crippen molar-refractivity contribution in [2.45, 2.75) is 39.2 Å².